The summed E-state index contributed by atoms with van der Waals surface area (Å²) in [5, 5.41) is 6.47. The number of furan rings is 1. The molecule has 0 saturated heterocycles. The topological polar surface area (TPSA) is 71.7 Å². The van der Waals surface area contributed by atoms with Crippen LogP contribution in [0.15, 0.2) is 47.2 Å². The van der Waals surface area contributed by atoms with Gasteiger partial charge in [0, 0.05) is 27.5 Å². The van der Waals surface area contributed by atoms with Crippen molar-refractivity contribution < 1.29 is 14.5 Å². The summed E-state index contributed by atoms with van der Waals surface area (Å²) in [7, 11) is 0. The molecule has 0 unspecified atom stereocenters. The summed E-state index contributed by atoms with van der Waals surface area (Å²) in [5.41, 5.74) is 1.01. The Morgan fingerprint density at radius 3 is 2.80 bits per heavy atom. The predicted octanol–water partition coefficient (Wildman–Crippen LogP) is 3.34. The Kier molecular flexibility index (Phi) is 6.09. The monoisotopic (exact) mass is 396 g/mol. The lowest BCUT2D eigenvalue weighted by atomic mass is 10.1. The minimum Gasteiger partial charge on any atom is -0.463 e. The first-order chi connectivity index (χ1) is 12.1. The fraction of sp³-hybridized carbons (Fsp3) is 0.176. The van der Waals surface area contributed by atoms with E-state index in [4.69, 9.17) is 27.6 Å². The maximum absolute atomic E-state index is 12.0. The molecule has 0 radical (unpaired) electrons. The van der Waals surface area contributed by atoms with Gasteiger partial charge in [-0.05, 0) is 35.9 Å². The highest BCUT2D eigenvalue weighted by Gasteiger charge is 2.10. The number of hydrogen-bond donors (Lipinski definition) is 2. The Labute approximate surface area is 159 Å². The van der Waals surface area contributed by atoms with Gasteiger partial charge in [-0.25, -0.2) is 4.98 Å². The van der Waals surface area contributed by atoms with Crippen LogP contribution in [-0.2, 0) is 17.8 Å². The van der Waals surface area contributed by atoms with Crippen molar-refractivity contribution in [3.8, 4) is 0 Å². The third-order valence-electron chi connectivity index (χ3n) is 3.36. The molecule has 3 rings (SSSR count). The van der Waals surface area contributed by atoms with Gasteiger partial charge in [0.2, 0.25) is 0 Å². The molecular formula is C17H16Cl2N3O2S+. The zero-order chi connectivity index (χ0) is 17.6. The Morgan fingerprint density at radius 2 is 2.08 bits per heavy atom. The first kappa shape index (κ1) is 17.9. The molecule has 0 aliphatic rings. The van der Waals surface area contributed by atoms with E-state index in [1.807, 2.05) is 29.6 Å². The van der Waals surface area contributed by atoms with E-state index in [2.05, 4.69) is 10.3 Å². The van der Waals surface area contributed by atoms with Crippen LogP contribution >= 0.6 is 34.5 Å². The molecule has 0 atom stereocenters. The number of nitrogens with two attached hydrogens (primary N) is 1. The fourth-order valence-corrected chi connectivity index (χ4v) is 3.74. The highest BCUT2D eigenvalue weighted by atomic mass is 35.5. The van der Waals surface area contributed by atoms with E-state index in [1.54, 1.807) is 18.5 Å². The minimum absolute atomic E-state index is 0.0988. The Morgan fingerprint density at radius 1 is 1.28 bits per heavy atom. The van der Waals surface area contributed by atoms with E-state index in [9.17, 15) is 4.79 Å². The van der Waals surface area contributed by atoms with Gasteiger partial charge in [-0.1, -0.05) is 23.2 Å². The van der Waals surface area contributed by atoms with Crippen molar-refractivity contribution in [3.63, 3.8) is 0 Å². The number of nitrogens with one attached hydrogen (secondary N) is 1. The second-order valence-corrected chi connectivity index (χ2v) is 7.40. The maximum Gasteiger partial charge on any atom is 0.281 e. The second kappa shape index (κ2) is 8.49. The van der Waals surface area contributed by atoms with Crippen LogP contribution in [0.25, 0.3) is 0 Å². The lowest BCUT2D eigenvalue weighted by Crippen LogP contribution is -2.84. The van der Waals surface area contributed by atoms with Gasteiger partial charge in [-0.2, -0.15) is 0 Å². The lowest BCUT2D eigenvalue weighted by Gasteiger charge is -2.01. The van der Waals surface area contributed by atoms with Gasteiger partial charge in [0.25, 0.3) is 5.91 Å². The number of carbonyl (C=O) groups excluding carboxylic acids is 1. The molecule has 2 heterocycles. The van der Waals surface area contributed by atoms with Crippen LogP contribution in [0, 0.1) is 0 Å². The third kappa shape index (κ3) is 5.57. The van der Waals surface area contributed by atoms with Gasteiger partial charge in [-0.15, -0.1) is 11.3 Å². The zero-order valence-corrected chi connectivity index (χ0v) is 15.5. The summed E-state index contributed by atoms with van der Waals surface area (Å²) < 4.78 is 5.22. The third-order valence-corrected chi connectivity index (χ3v) is 4.71. The van der Waals surface area contributed by atoms with Gasteiger partial charge in [0.1, 0.15) is 6.54 Å². The van der Waals surface area contributed by atoms with Gasteiger partial charge in [0.15, 0.2) is 17.4 Å². The van der Waals surface area contributed by atoms with Crippen LogP contribution < -0.4 is 10.6 Å². The van der Waals surface area contributed by atoms with E-state index in [1.165, 1.54) is 11.3 Å². The first-order valence-electron chi connectivity index (χ1n) is 7.62. The number of rotatable bonds is 7. The standard InChI is InChI=1S/C17H15Cl2N3O2S/c18-12-4-11(5-13(19)7-12)6-15-9-21-17(25-15)22-16(23)10-20-8-14-2-1-3-24-14/h1-5,7,9,20H,6,8,10H2,(H,21,22,23)/p+1. The number of halogens is 2. The van der Waals surface area contributed by atoms with Crippen molar-refractivity contribution >= 4 is 45.6 Å². The van der Waals surface area contributed by atoms with Crippen molar-refractivity contribution in [1.82, 2.24) is 4.98 Å². The van der Waals surface area contributed by atoms with Crippen molar-refractivity contribution in [2.24, 2.45) is 0 Å². The van der Waals surface area contributed by atoms with Crippen LogP contribution in [0.3, 0.4) is 0 Å². The number of benzene rings is 1. The maximum atomic E-state index is 12.0. The molecule has 130 valence electrons. The van der Waals surface area contributed by atoms with E-state index in [0.717, 1.165) is 16.2 Å². The van der Waals surface area contributed by atoms with Crippen LogP contribution in [0.2, 0.25) is 10.0 Å². The van der Waals surface area contributed by atoms with E-state index in [-0.39, 0.29) is 5.91 Å². The summed E-state index contributed by atoms with van der Waals surface area (Å²) >= 11 is 13.5. The number of carbonyl (C=O) groups is 1. The molecular weight excluding hydrogens is 381 g/mol. The average Bonchev–Trinajstić information content (AvgIpc) is 3.18. The first-order valence-corrected chi connectivity index (χ1v) is 9.19. The van der Waals surface area contributed by atoms with E-state index in [0.29, 0.717) is 34.7 Å². The smallest absolute Gasteiger partial charge is 0.281 e. The molecule has 0 saturated carbocycles. The highest BCUT2D eigenvalue weighted by Crippen LogP contribution is 2.25. The van der Waals surface area contributed by atoms with Gasteiger partial charge < -0.3 is 9.73 Å². The molecule has 0 fully saturated rings. The summed E-state index contributed by atoms with van der Waals surface area (Å²) in [6, 6.07) is 9.14. The molecule has 0 aliphatic carbocycles. The Bertz CT molecular complexity index is 829. The largest absolute Gasteiger partial charge is 0.463 e. The molecule has 1 amide bonds. The number of hydrogen-bond acceptors (Lipinski definition) is 4. The normalized spacial score (nSPS) is 10.8. The van der Waals surface area contributed by atoms with Crippen molar-refractivity contribution in [1.29, 1.82) is 0 Å². The number of thiazole rings is 1. The molecule has 5 nitrogen and oxygen atoms in total. The summed E-state index contributed by atoms with van der Waals surface area (Å²) in [6.45, 7) is 0.929. The van der Waals surface area contributed by atoms with E-state index >= 15 is 0 Å². The molecule has 8 heteroatoms. The number of amides is 1. The van der Waals surface area contributed by atoms with Gasteiger partial charge in [0.05, 0.1) is 6.26 Å². The number of aromatic nitrogens is 1. The van der Waals surface area contributed by atoms with Crippen molar-refractivity contribution in [3.05, 3.63) is 69.0 Å². The molecule has 3 aromatic rings. The molecule has 0 aliphatic heterocycles. The zero-order valence-electron chi connectivity index (χ0n) is 13.2. The number of nitrogens with zero attached hydrogens (tertiary/aromatic N) is 1. The van der Waals surface area contributed by atoms with Crippen molar-refractivity contribution in [2.45, 2.75) is 13.0 Å². The second-order valence-electron chi connectivity index (χ2n) is 5.41. The van der Waals surface area contributed by atoms with Crippen LogP contribution in [0.1, 0.15) is 16.2 Å². The number of anilines is 1. The summed E-state index contributed by atoms with van der Waals surface area (Å²) in [5.74, 6) is 0.739. The Balaban J connectivity index is 1.50. The lowest BCUT2D eigenvalue weighted by molar-refractivity contribution is -0.661. The fourth-order valence-electron chi connectivity index (χ4n) is 2.31. The average molecular weight is 397 g/mol. The number of quaternary nitrogens is 1. The summed E-state index contributed by atoms with van der Waals surface area (Å²) in [6.07, 6.45) is 4.04. The van der Waals surface area contributed by atoms with Crippen LogP contribution in [0.4, 0.5) is 5.13 Å². The molecule has 3 N–H and O–H groups in total. The molecule has 1 aromatic carbocycles. The van der Waals surface area contributed by atoms with E-state index < -0.39 is 0 Å². The molecule has 0 spiro atoms. The highest BCUT2D eigenvalue weighted by molar-refractivity contribution is 7.15. The quantitative estimate of drug-likeness (QED) is 0.643. The SMILES string of the molecule is O=C(C[NH2+]Cc1ccco1)Nc1ncc(Cc2cc(Cl)cc(Cl)c2)s1. The molecule has 0 bridgehead atoms. The predicted molar refractivity (Wildman–Crippen MR) is 99.2 cm³/mol. The molecule has 25 heavy (non-hydrogen) atoms. The van der Waals surface area contributed by atoms with Gasteiger partial charge in [-0.3, -0.25) is 10.1 Å². The van der Waals surface area contributed by atoms with Gasteiger partial charge >= 0.3 is 0 Å². The summed E-state index contributed by atoms with van der Waals surface area (Å²) in [4.78, 5) is 17.2. The van der Waals surface area contributed by atoms with Crippen LogP contribution in [-0.4, -0.2) is 17.4 Å². The van der Waals surface area contributed by atoms with Crippen molar-refractivity contribution in [2.75, 3.05) is 11.9 Å². The molecule has 2 aromatic heterocycles. The Hall–Kier alpha value is -1.86. The van der Waals surface area contributed by atoms with Crippen LogP contribution in [0.5, 0.6) is 0 Å². The minimum atomic E-state index is -0.0988.